The number of aliphatic hydroxyl groups is 2. The molecule has 0 aliphatic heterocycles. The highest BCUT2D eigenvalue weighted by Gasteiger charge is 2.17. The fourth-order valence-electron chi connectivity index (χ4n) is 5.44. The number of aliphatic hydroxyl groups excluding tert-OH is 2. The molecule has 0 aromatic carbocycles. The van der Waals surface area contributed by atoms with Crippen LogP contribution >= 0.6 is 0 Å². The van der Waals surface area contributed by atoms with Crippen LogP contribution in [0.25, 0.3) is 0 Å². The molecule has 0 aromatic heterocycles. The van der Waals surface area contributed by atoms with Gasteiger partial charge in [0.2, 0.25) is 5.91 Å². The fourth-order valence-corrected chi connectivity index (χ4v) is 5.44. The maximum atomic E-state index is 12.2. The topological polar surface area (TPSA) is 69.6 Å². The lowest BCUT2D eigenvalue weighted by molar-refractivity contribution is -0.123. The van der Waals surface area contributed by atoms with Crippen molar-refractivity contribution in [2.45, 2.75) is 199 Å². The van der Waals surface area contributed by atoms with Crippen molar-refractivity contribution < 1.29 is 15.0 Å². The van der Waals surface area contributed by atoms with Gasteiger partial charge in [-0.05, 0) is 44.9 Å². The first-order chi connectivity index (χ1) is 21.2. The number of unbranched alkanes of at least 4 members (excludes halogenated alkanes) is 22. The van der Waals surface area contributed by atoms with Gasteiger partial charge >= 0.3 is 0 Å². The molecular weight excluding hydrogens is 530 g/mol. The molecule has 0 aliphatic carbocycles. The molecule has 4 heteroatoms. The van der Waals surface area contributed by atoms with Crippen LogP contribution in [0, 0.1) is 0 Å². The van der Waals surface area contributed by atoms with Crippen molar-refractivity contribution in [3.8, 4) is 0 Å². The first-order valence-electron chi connectivity index (χ1n) is 18.7. The van der Waals surface area contributed by atoms with E-state index in [-0.39, 0.29) is 12.5 Å². The minimum atomic E-state index is -0.864. The van der Waals surface area contributed by atoms with Gasteiger partial charge in [-0.3, -0.25) is 4.79 Å². The summed E-state index contributed by atoms with van der Waals surface area (Å²) in [5.74, 6) is -0.0865. The number of rotatable bonds is 33. The van der Waals surface area contributed by atoms with E-state index in [1.807, 2.05) is 6.08 Å². The second-order valence-electron chi connectivity index (χ2n) is 12.6. The van der Waals surface area contributed by atoms with Crippen LogP contribution in [0.5, 0.6) is 0 Å². The van der Waals surface area contributed by atoms with E-state index in [9.17, 15) is 15.0 Å². The Bertz CT molecular complexity index is 657. The largest absolute Gasteiger partial charge is 0.394 e. The van der Waals surface area contributed by atoms with Crippen molar-refractivity contribution >= 4 is 5.91 Å². The van der Waals surface area contributed by atoms with Crippen LogP contribution in [0.1, 0.15) is 187 Å². The third-order valence-electron chi connectivity index (χ3n) is 8.35. The van der Waals surface area contributed by atoms with Gasteiger partial charge in [0.25, 0.3) is 0 Å². The molecule has 2 atom stereocenters. The Morgan fingerprint density at radius 2 is 0.907 bits per heavy atom. The zero-order chi connectivity index (χ0) is 31.5. The van der Waals surface area contributed by atoms with E-state index in [4.69, 9.17) is 0 Å². The molecule has 43 heavy (non-hydrogen) atoms. The van der Waals surface area contributed by atoms with Crippen LogP contribution < -0.4 is 5.32 Å². The van der Waals surface area contributed by atoms with Crippen LogP contribution in [0.3, 0.4) is 0 Å². The van der Waals surface area contributed by atoms with Crippen LogP contribution in [-0.2, 0) is 4.79 Å². The molecule has 0 fully saturated rings. The molecule has 1 amide bonds. The van der Waals surface area contributed by atoms with E-state index in [1.165, 1.54) is 128 Å². The van der Waals surface area contributed by atoms with Gasteiger partial charge in [-0.25, -0.2) is 0 Å². The monoisotopic (exact) mass is 604 g/mol. The molecule has 0 aliphatic rings. The van der Waals surface area contributed by atoms with E-state index in [1.54, 1.807) is 6.08 Å². The van der Waals surface area contributed by atoms with Crippen molar-refractivity contribution in [1.29, 1.82) is 0 Å². The number of nitrogens with one attached hydrogen (secondary N) is 1. The number of carbonyl (C=O) groups excluding carboxylic acids is 1. The Balaban J connectivity index is 3.61. The molecule has 0 bridgehead atoms. The summed E-state index contributed by atoms with van der Waals surface area (Å²) in [5.41, 5.74) is 0. The van der Waals surface area contributed by atoms with Crippen molar-refractivity contribution in [3.05, 3.63) is 36.5 Å². The summed E-state index contributed by atoms with van der Waals surface area (Å²) in [4.78, 5) is 12.2. The number of carbonyl (C=O) groups is 1. The average Bonchev–Trinajstić information content (AvgIpc) is 3.01. The van der Waals surface area contributed by atoms with E-state index < -0.39 is 12.1 Å². The van der Waals surface area contributed by atoms with Crippen molar-refractivity contribution in [2.24, 2.45) is 0 Å². The third-order valence-corrected chi connectivity index (χ3v) is 8.35. The molecule has 0 saturated heterocycles. The second-order valence-corrected chi connectivity index (χ2v) is 12.6. The van der Waals surface area contributed by atoms with Gasteiger partial charge in [0, 0.05) is 6.42 Å². The van der Waals surface area contributed by atoms with Gasteiger partial charge in [0.05, 0.1) is 18.8 Å². The Kier molecular flexibility index (Phi) is 34.0. The number of hydrogen-bond donors (Lipinski definition) is 3. The maximum Gasteiger partial charge on any atom is 0.220 e. The highest BCUT2D eigenvalue weighted by Crippen LogP contribution is 2.14. The van der Waals surface area contributed by atoms with Crippen LogP contribution in [0.15, 0.2) is 36.5 Å². The van der Waals surface area contributed by atoms with E-state index in [0.717, 1.165) is 38.5 Å². The summed E-state index contributed by atoms with van der Waals surface area (Å²) in [6.45, 7) is 4.24. The highest BCUT2D eigenvalue weighted by atomic mass is 16.3. The maximum absolute atomic E-state index is 12.2. The van der Waals surface area contributed by atoms with Crippen LogP contribution in [0.4, 0.5) is 0 Å². The Morgan fingerprint density at radius 3 is 1.35 bits per heavy atom. The molecular formula is C39H73NO3. The highest BCUT2D eigenvalue weighted by molar-refractivity contribution is 5.76. The van der Waals surface area contributed by atoms with Crippen molar-refractivity contribution in [3.63, 3.8) is 0 Å². The molecule has 252 valence electrons. The summed E-state index contributed by atoms with van der Waals surface area (Å²) >= 11 is 0. The average molecular weight is 604 g/mol. The molecule has 3 N–H and O–H groups in total. The van der Waals surface area contributed by atoms with Crippen molar-refractivity contribution in [1.82, 2.24) is 5.32 Å². The molecule has 2 unspecified atom stereocenters. The third kappa shape index (κ3) is 31.8. The van der Waals surface area contributed by atoms with Crippen molar-refractivity contribution in [2.75, 3.05) is 6.61 Å². The molecule has 0 saturated carbocycles. The summed E-state index contributed by atoms with van der Waals surface area (Å²) in [5, 5.41) is 22.7. The second kappa shape index (κ2) is 35.1. The van der Waals surface area contributed by atoms with Gasteiger partial charge in [0.15, 0.2) is 0 Å². The zero-order valence-electron chi connectivity index (χ0n) is 28.7. The fraction of sp³-hybridized carbons (Fsp3) is 0.821. The molecule has 4 nitrogen and oxygen atoms in total. The minimum absolute atomic E-state index is 0.0865. The van der Waals surface area contributed by atoms with Gasteiger partial charge in [-0.2, -0.15) is 0 Å². The standard InChI is InChI=1S/C39H73NO3/c1-3-5-7-9-11-12-13-14-15-16-17-18-19-20-21-22-23-24-25-26-27-29-30-32-34-38(42)37(36-41)40-39(43)35-33-31-28-10-8-6-4-2/h22-23,26-27,32,34,37-38,41-42H,3-21,24-25,28-31,33,35-36H2,1-2H3,(H,40,43)/b23-22+,27-26+,34-32+. The summed E-state index contributed by atoms with van der Waals surface area (Å²) < 4.78 is 0. The smallest absolute Gasteiger partial charge is 0.220 e. The van der Waals surface area contributed by atoms with E-state index in [0.29, 0.717) is 6.42 Å². The minimum Gasteiger partial charge on any atom is -0.394 e. The first-order valence-corrected chi connectivity index (χ1v) is 18.7. The number of amides is 1. The zero-order valence-corrected chi connectivity index (χ0v) is 28.7. The molecule has 0 rings (SSSR count). The van der Waals surface area contributed by atoms with Gasteiger partial charge in [0.1, 0.15) is 0 Å². The SMILES string of the molecule is CCCCCCCCCCCCCCCC/C=C/CC/C=C/CC/C=C/C(O)C(CO)NC(=O)CCCCCCCCC. The Labute approximate surface area is 268 Å². The molecule has 0 aromatic rings. The van der Waals surface area contributed by atoms with Gasteiger partial charge in [-0.1, -0.05) is 172 Å². The van der Waals surface area contributed by atoms with Crippen LogP contribution in [0.2, 0.25) is 0 Å². The quantitative estimate of drug-likeness (QED) is 0.0516. The van der Waals surface area contributed by atoms with Crippen LogP contribution in [-0.4, -0.2) is 34.9 Å². The predicted molar refractivity (Wildman–Crippen MR) is 188 cm³/mol. The molecule has 0 radical (unpaired) electrons. The summed E-state index contributed by atoms with van der Waals surface area (Å²) in [6.07, 6.45) is 45.4. The normalized spacial score (nSPS) is 13.5. The Hall–Kier alpha value is -1.39. The Morgan fingerprint density at radius 1 is 0.535 bits per heavy atom. The lowest BCUT2D eigenvalue weighted by Gasteiger charge is -2.19. The van der Waals surface area contributed by atoms with E-state index >= 15 is 0 Å². The molecule has 0 spiro atoms. The number of allylic oxidation sites excluding steroid dienone is 5. The summed E-state index contributed by atoms with van der Waals surface area (Å²) in [6, 6.07) is -0.639. The first kappa shape index (κ1) is 41.6. The van der Waals surface area contributed by atoms with Gasteiger partial charge in [-0.15, -0.1) is 0 Å². The van der Waals surface area contributed by atoms with Gasteiger partial charge < -0.3 is 15.5 Å². The number of hydrogen-bond acceptors (Lipinski definition) is 3. The predicted octanol–water partition coefficient (Wildman–Crippen LogP) is 11.1. The molecule has 0 heterocycles. The summed E-state index contributed by atoms with van der Waals surface area (Å²) in [7, 11) is 0. The lowest BCUT2D eigenvalue weighted by atomic mass is 10.0. The van der Waals surface area contributed by atoms with E-state index in [2.05, 4.69) is 43.5 Å². The lowest BCUT2D eigenvalue weighted by Crippen LogP contribution is -2.45.